The maximum atomic E-state index is 13.4. The van der Waals surface area contributed by atoms with E-state index in [1.54, 1.807) is 26.1 Å². The summed E-state index contributed by atoms with van der Waals surface area (Å²) in [5.74, 6) is -0.717. The lowest BCUT2D eigenvalue weighted by Crippen LogP contribution is -2.56. The van der Waals surface area contributed by atoms with Gasteiger partial charge in [0.2, 0.25) is 17.7 Å². The van der Waals surface area contributed by atoms with Gasteiger partial charge in [0.15, 0.2) is 0 Å². The number of para-hydroxylation sites is 1. The lowest BCUT2D eigenvalue weighted by atomic mass is 10.0. The molecule has 0 radical (unpaired) electrons. The van der Waals surface area contributed by atoms with Crippen LogP contribution >= 0.6 is 0 Å². The average molecular weight is 528 g/mol. The molecule has 0 aliphatic carbocycles. The molecule has 0 saturated carbocycles. The molecule has 1 heterocycles. The highest BCUT2D eigenvalue weighted by atomic mass is 19.1. The number of ether oxygens (including phenoxy) is 1. The van der Waals surface area contributed by atoms with Gasteiger partial charge in [0.25, 0.3) is 0 Å². The minimum Gasteiger partial charge on any atom is -0.492 e. The second kappa shape index (κ2) is 14.4. The van der Waals surface area contributed by atoms with Crippen LogP contribution in [0.5, 0.6) is 5.75 Å². The Hall–Kier alpha value is -3.50. The van der Waals surface area contributed by atoms with Crippen LogP contribution in [0.15, 0.2) is 48.5 Å². The van der Waals surface area contributed by atoms with Crippen LogP contribution in [0.2, 0.25) is 0 Å². The third kappa shape index (κ3) is 8.26. The highest BCUT2D eigenvalue weighted by molar-refractivity contribution is 5.93. The summed E-state index contributed by atoms with van der Waals surface area (Å²) >= 11 is 0. The molecule has 3 rings (SSSR count). The summed E-state index contributed by atoms with van der Waals surface area (Å²) in [6.07, 6.45) is 1.93. The molecule has 206 valence electrons. The maximum absolute atomic E-state index is 13.4. The summed E-state index contributed by atoms with van der Waals surface area (Å²) in [6.45, 7) is 3.08. The van der Waals surface area contributed by atoms with E-state index in [2.05, 4.69) is 16.0 Å². The molecule has 38 heavy (non-hydrogen) atoms. The van der Waals surface area contributed by atoms with Crippen LogP contribution in [-0.4, -0.2) is 74.0 Å². The molecule has 1 aliphatic rings. The van der Waals surface area contributed by atoms with E-state index in [4.69, 9.17) is 10.5 Å². The Bertz CT molecular complexity index is 1080. The summed E-state index contributed by atoms with van der Waals surface area (Å²) in [4.78, 5) is 40.9. The minimum atomic E-state index is -0.897. The summed E-state index contributed by atoms with van der Waals surface area (Å²) < 4.78 is 19.4. The fraction of sp³-hybridized carbons (Fsp3) is 0.464. The molecule has 0 fully saturated rings. The molecule has 2 aromatic carbocycles. The number of halogens is 1. The first-order chi connectivity index (χ1) is 18.3. The highest BCUT2D eigenvalue weighted by Gasteiger charge is 2.30. The van der Waals surface area contributed by atoms with E-state index in [9.17, 15) is 18.8 Å². The second-order valence-electron chi connectivity index (χ2n) is 9.45. The quantitative estimate of drug-likeness (QED) is 0.473. The predicted octanol–water partition coefficient (Wildman–Crippen LogP) is 1.15. The second-order valence-corrected chi connectivity index (χ2v) is 9.45. The lowest BCUT2D eigenvalue weighted by Gasteiger charge is -2.30. The van der Waals surface area contributed by atoms with Crippen LogP contribution in [-0.2, 0) is 27.2 Å². The third-order valence-electron chi connectivity index (χ3n) is 6.69. The summed E-state index contributed by atoms with van der Waals surface area (Å²) in [5, 5.41) is 8.90. The first kappa shape index (κ1) is 29.1. The molecular formula is C28H38FN5O4. The highest BCUT2D eigenvalue weighted by Crippen LogP contribution is 2.19. The van der Waals surface area contributed by atoms with Crippen LogP contribution in [0.4, 0.5) is 4.39 Å². The molecular weight excluding hydrogens is 489 g/mol. The van der Waals surface area contributed by atoms with Crippen molar-refractivity contribution in [2.24, 2.45) is 5.73 Å². The molecule has 0 unspecified atom stereocenters. The van der Waals surface area contributed by atoms with Gasteiger partial charge in [-0.05, 0) is 62.1 Å². The van der Waals surface area contributed by atoms with Crippen molar-refractivity contribution in [3.8, 4) is 5.75 Å². The number of carbonyl (C=O) groups excluding carboxylic acids is 3. The van der Waals surface area contributed by atoms with Crippen molar-refractivity contribution in [1.82, 2.24) is 20.9 Å². The largest absolute Gasteiger partial charge is 0.492 e. The van der Waals surface area contributed by atoms with Gasteiger partial charge in [-0.25, -0.2) is 4.39 Å². The molecule has 5 N–H and O–H groups in total. The van der Waals surface area contributed by atoms with E-state index >= 15 is 0 Å². The van der Waals surface area contributed by atoms with E-state index in [1.807, 2.05) is 24.3 Å². The predicted molar refractivity (Wildman–Crippen MR) is 143 cm³/mol. The number of rotatable bonds is 4. The number of amides is 3. The van der Waals surface area contributed by atoms with Gasteiger partial charge in [0, 0.05) is 26.6 Å². The average Bonchev–Trinajstić information content (AvgIpc) is 2.92. The summed E-state index contributed by atoms with van der Waals surface area (Å²) in [5.41, 5.74) is 7.47. The zero-order valence-corrected chi connectivity index (χ0v) is 22.0. The summed E-state index contributed by atoms with van der Waals surface area (Å²) in [6, 6.07) is 11.2. The monoisotopic (exact) mass is 527 g/mol. The molecule has 0 aromatic heterocycles. The number of nitrogens with zero attached hydrogens (tertiary/aromatic N) is 1. The number of nitrogens with one attached hydrogen (secondary N) is 3. The van der Waals surface area contributed by atoms with Gasteiger partial charge in [0.1, 0.15) is 30.3 Å². The lowest BCUT2D eigenvalue weighted by molar-refractivity contribution is -0.140. The molecule has 10 heteroatoms. The van der Waals surface area contributed by atoms with Crippen molar-refractivity contribution in [3.63, 3.8) is 0 Å². The Morgan fingerprint density at radius 1 is 1.03 bits per heavy atom. The van der Waals surface area contributed by atoms with Gasteiger partial charge >= 0.3 is 0 Å². The fourth-order valence-electron chi connectivity index (χ4n) is 4.31. The number of hydrogen-bond donors (Lipinski definition) is 4. The Morgan fingerprint density at radius 2 is 1.76 bits per heavy atom. The van der Waals surface area contributed by atoms with E-state index in [0.717, 1.165) is 11.3 Å². The van der Waals surface area contributed by atoms with Gasteiger partial charge in [-0.15, -0.1) is 0 Å². The normalized spacial score (nSPS) is 22.4. The molecule has 0 bridgehead atoms. The maximum Gasteiger partial charge on any atom is 0.243 e. The third-order valence-corrected chi connectivity index (χ3v) is 6.69. The summed E-state index contributed by atoms with van der Waals surface area (Å²) in [7, 11) is 1.55. The number of aryl methyl sites for hydroxylation is 1. The van der Waals surface area contributed by atoms with E-state index < -0.39 is 24.0 Å². The number of fused-ring (bicyclic) bond motifs is 1. The molecule has 3 atom stereocenters. The van der Waals surface area contributed by atoms with Crippen molar-refractivity contribution < 1.29 is 23.5 Å². The van der Waals surface area contributed by atoms with Crippen LogP contribution in [0.25, 0.3) is 0 Å². The van der Waals surface area contributed by atoms with Gasteiger partial charge in [0.05, 0.1) is 6.04 Å². The standard InChI is InChI=1S/C28H38FN5O4/c1-19-26(35)33-24(18-20-9-11-22(29)12-10-20)27(36)32-15-5-7-21-6-3-4-8-25(21)38-17-16-31-23(13-14-30)28(37)34(19)2/h3-4,6,8-12,19,23-24,31H,5,7,13-18,30H2,1-2H3,(H,32,36)(H,33,35)/t19-,23+,24-/m1/s1. The number of carbonyl (C=O) groups is 3. The Morgan fingerprint density at radius 3 is 2.50 bits per heavy atom. The smallest absolute Gasteiger partial charge is 0.243 e. The van der Waals surface area contributed by atoms with E-state index in [-0.39, 0.29) is 24.1 Å². The van der Waals surface area contributed by atoms with Crippen molar-refractivity contribution in [2.45, 2.75) is 50.7 Å². The first-order valence-electron chi connectivity index (χ1n) is 13.0. The SMILES string of the molecule is C[C@@H]1C(=O)N[C@H](Cc2ccc(F)cc2)C(=O)NCCCc2ccccc2OCCN[C@@H](CCN)C(=O)N1C. The molecule has 0 saturated heterocycles. The molecule has 0 spiro atoms. The first-order valence-corrected chi connectivity index (χ1v) is 13.0. The van der Waals surface area contributed by atoms with Crippen LogP contribution in [0.1, 0.15) is 30.9 Å². The van der Waals surface area contributed by atoms with Gasteiger partial charge in [-0.3, -0.25) is 14.4 Å². The number of benzene rings is 2. The Balaban J connectivity index is 1.83. The Labute approximate surface area is 223 Å². The number of likely N-dealkylation sites (N-methyl/N-ethyl adjacent to an activating group) is 1. The molecule has 9 nitrogen and oxygen atoms in total. The zero-order chi connectivity index (χ0) is 27.5. The Kier molecular flexibility index (Phi) is 11.0. The minimum absolute atomic E-state index is 0.177. The fourth-order valence-corrected chi connectivity index (χ4v) is 4.31. The number of hydrogen-bond acceptors (Lipinski definition) is 6. The van der Waals surface area contributed by atoms with E-state index in [0.29, 0.717) is 51.1 Å². The van der Waals surface area contributed by atoms with Crippen molar-refractivity contribution in [1.29, 1.82) is 0 Å². The van der Waals surface area contributed by atoms with Gasteiger partial charge < -0.3 is 31.3 Å². The van der Waals surface area contributed by atoms with Crippen molar-refractivity contribution >= 4 is 17.7 Å². The molecule has 1 aliphatic heterocycles. The van der Waals surface area contributed by atoms with Crippen LogP contribution < -0.4 is 26.4 Å². The topological polar surface area (TPSA) is 126 Å². The molecule has 3 amide bonds. The number of nitrogens with two attached hydrogens (primary N) is 1. The molecule has 2 aromatic rings. The van der Waals surface area contributed by atoms with Crippen LogP contribution in [0, 0.1) is 5.82 Å². The van der Waals surface area contributed by atoms with Crippen LogP contribution in [0.3, 0.4) is 0 Å². The van der Waals surface area contributed by atoms with Crippen molar-refractivity contribution in [2.75, 3.05) is 33.3 Å². The van der Waals surface area contributed by atoms with Gasteiger partial charge in [-0.2, -0.15) is 0 Å². The van der Waals surface area contributed by atoms with Crippen molar-refractivity contribution in [3.05, 3.63) is 65.5 Å². The van der Waals surface area contributed by atoms with E-state index in [1.165, 1.54) is 17.0 Å². The van der Waals surface area contributed by atoms with Gasteiger partial charge in [-0.1, -0.05) is 30.3 Å². The zero-order valence-electron chi connectivity index (χ0n) is 22.0.